The predicted octanol–water partition coefficient (Wildman–Crippen LogP) is 1.04. The number of thioether (sulfide) groups is 1. The van der Waals surface area contributed by atoms with Gasteiger partial charge in [0, 0.05) is 17.6 Å². The molecular weight excluding hydrogens is 306 g/mol. The van der Waals surface area contributed by atoms with Crippen LogP contribution < -0.4 is 5.32 Å². The van der Waals surface area contributed by atoms with Gasteiger partial charge in [-0.25, -0.2) is 0 Å². The molecule has 1 aliphatic rings. The van der Waals surface area contributed by atoms with E-state index >= 15 is 0 Å². The first-order valence-electron chi connectivity index (χ1n) is 6.85. The fourth-order valence-electron chi connectivity index (χ4n) is 2.36. The third-order valence-corrected chi connectivity index (χ3v) is 4.67. The Morgan fingerprint density at radius 1 is 1.41 bits per heavy atom. The molecule has 2 unspecified atom stereocenters. The fraction of sp³-hybridized carbons (Fsp3) is 0.429. The van der Waals surface area contributed by atoms with Gasteiger partial charge in [-0.15, -0.1) is 11.8 Å². The molecule has 22 heavy (non-hydrogen) atoms. The summed E-state index contributed by atoms with van der Waals surface area (Å²) in [6.45, 7) is 1.07. The molecule has 1 saturated heterocycles. The molecule has 0 spiro atoms. The number of benzene rings is 1. The maximum Gasteiger partial charge on any atom is 0.243 e. The minimum absolute atomic E-state index is 0.0330. The highest BCUT2D eigenvalue weighted by molar-refractivity contribution is 7.99. The number of rotatable bonds is 5. The monoisotopic (exact) mass is 323 g/mol. The second-order valence-corrected chi connectivity index (χ2v) is 6.00. The van der Waals surface area contributed by atoms with Gasteiger partial charge in [0.2, 0.25) is 18.4 Å². The van der Waals surface area contributed by atoms with E-state index < -0.39 is 11.0 Å². The lowest BCUT2D eigenvalue weighted by molar-refractivity contribution is -0.477. The second-order valence-electron chi connectivity index (χ2n) is 4.89. The average Bonchev–Trinajstić information content (AvgIpc) is 2.92. The van der Waals surface area contributed by atoms with Crippen LogP contribution in [0.25, 0.3) is 0 Å². The summed E-state index contributed by atoms with van der Waals surface area (Å²) >= 11 is 1.52. The van der Waals surface area contributed by atoms with Gasteiger partial charge in [-0.2, -0.15) is 0 Å². The van der Waals surface area contributed by atoms with E-state index in [1.807, 2.05) is 30.3 Å². The number of amides is 2. The van der Waals surface area contributed by atoms with Crippen LogP contribution >= 0.6 is 11.8 Å². The van der Waals surface area contributed by atoms with Crippen molar-refractivity contribution in [1.29, 1.82) is 0 Å². The van der Waals surface area contributed by atoms with Crippen molar-refractivity contribution >= 4 is 23.6 Å². The average molecular weight is 323 g/mol. The van der Waals surface area contributed by atoms with E-state index in [-0.39, 0.29) is 30.3 Å². The number of carbonyl (C=O) groups excluding carboxylic acids is 2. The lowest BCUT2D eigenvalue weighted by Crippen LogP contribution is -2.48. The van der Waals surface area contributed by atoms with Crippen molar-refractivity contribution in [2.45, 2.75) is 18.3 Å². The Balaban J connectivity index is 2.08. The predicted molar refractivity (Wildman–Crippen MR) is 82.8 cm³/mol. The van der Waals surface area contributed by atoms with Crippen LogP contribution in [-0.4, -0.2) is 46.5 Å². The first-order valence-corrected chi connectivity index (χ1v) is 7.90. The Kier molecular flexibility index (Phi) is 5.37. The SMILES string of the molecule is CC(=O)N1C(C(=O)NCC[N+](=O)[O-])CSC1c1ccccc1. The molecule has 7 nitrogen and oxygen atoms in total. The van der Waals surface area contributed by atoms with E-state index in [2.05, 4.69) is 5.32 Å². The fourth-order valence-corrected chi connectivity index (χ4v) is 3.84. The van der Waals surface area contributed by atoms with Crippen LogP contribution in [0.1, 0.15) is 17.9 Å². The first kappa shape index (κ1) is 16.3. The Morgan fingerprint density at radius 3 is 2.68 bits per heavy atom. The molecule has 1 N–H and O–H groups in total. The van der Waals surface area contributed by atoms with E-state index in [4.69, 9.17) is 0 Å². The number of nitrogens with zero attached hydrogens (tertiary/aromatic N) is 2. The molecule has 1 aliphatic heterocycles. The van der Waals surface area contributed by atoms with Crippen molar-refractivity contribution in [2.24, 2.45) is 0 Å². The molecule has 1 fully saturated rings. The molecule has 1 heterocycles. The largest absolute Gasteiger partial charge is 0.348 e. The summed E-state index contributed by atoms with van der Waals surface area (Å²) in [4.78, 5) is 35.5. The Labute approximate surface area is 132 Å². The zero-order valence-electron chi connectivity index (χ0n) is 12.1. The third-order valence-electron chi connectivity index (χ3n) is 3.34. The van der Waals surface area contributed by atoms with Crippen LogP contribution in [0.4, 0.5) is 0 Å². The molecule has 2 amide bonds. The summed E-state index contributed by atoms with van der Waals surface area (Å²) < 4.78 is 0. The van der Waals surface area contributed by atoms with Gasteiger partial charge in [0.05, 0.1) is 6.54 Å². The van der Waals surface area contributed by atoms with Gasteiger partial charge >= 0.3 is 0 Å². The van der Waals surface area contributed by atoms with Crippen molar-refractivity contribution in [3.63, 3.8) is 0 Å². The summed E-state index contributed by atoms with van der Waals surface area (Å²) in [6.07, 6.45) is 0. The molecule has 8 heteroatoms. The van der Waals surface area contributed by atoms with Gasteiger partial charge in [0.1, 0.15) is 11.4 Å². The molecule has 2 rings (SSSR count). The summed E-state index contributed by atoms with van der Waals surface area (Å²) in [6, 6.07) is 8.90. The van der Waals surface area contributed by atoms with E-state index in [1.165, 1.54) is 18.7 Å². The summed E-state index contributed by atoms with van der Waals surface area (Å²) in [7, 11) is 0. The molecule has 118 valence electrons. The minimum atomic E-state index is -0.598. The van der Waals surface area contributed by atoms with E-state index in [0.29, 0.717) is 5.75 Å². The van der Waals surface area contributed by atoms with Gasteiger partial charge in [0.25, 0.3) is 0 Å². The number of carbonyl (C=O) groups is 2. The molecule has 0 bridgehead atoms. The number of nitrogens with one attached hydrogen (secondary N) is 1. The molecular formula is C14H17N3O4S. The van der Waals surface area contributed by atoms with Gasteiger partial charge in [0.15, 0.2) is 0 Å². The molecule has 0 radical (unpaired) electrons. The minimum Gasteiger partial charge on any atom is -0.348 e. The van der Waals surface area contributed by atoms with Crippen LogP contribution in [-0.2, 0) is 9.59 Å². The normalized spacial score (nSPS) is 20.7. The Bertz CT molecular complexity index is 566. The van der Waals surface area contributed by atoms with Crippen LogP contribution in [0.3, 0.4) is 0 Å². The third kappa shape index (κ3) is 3.76. The van der Waals surface area contributed by atoms with E-state index in [1.54, 1.807) is 4.90 Å². The summed E-state index contributed by atoms with van der Waals surface area (Å²) in [5.74, 6) is -0.0556. The molecule has 1 aromatic carbocycles. The molecule has 0 aliphatic carbocycles. The Hall–Kier alpha value is -2.09. The van der Waals surface area contributed by atoms with Crippen LogP contribution in [0, 0.1) is 10.1 Å². The highest BCUT2D eigenvalue weighted by Gasteiger charge is 2.40. The quantitative estimate of drug-likeness (QED) is 0.645. The van der Waals surface area contributed by atoms with Crippen LogP contribution in [0.15, 0.2) is 30.3 Å². The molecule has 1 aromatic rings. The number of hydrogen-bond acceptors (Lipinski definition) is 5. The zero-order valence-corrected chi connectivity index (χ0v) is 12.9. The van der Waals surface area contributed by atoms with Gasteiger partial charge in [-0.05, 0) is 5.56 Å². The smallest absolute Gasteiger partial charge is 0.243 e. The second kappa shape index (κ2) is 7.26. The standard InChI is InChI=1S/C14H17N3O4S/c1-10(18)17-12(13(19)15-7-8-16(20)21)9-22-14(17)11-5-3-2-4-6-11/h2-6,12,14H,7-9H2,1H3,(H,15,19). The topological polar surface area (TPSA) is 92.6 Å². The van der Waals surface area contributed by atoms with Crippen LogP contribution in [0.5, 0.6) is 0 Å². The van der Waals surface area contributed by atoms with E-state index in [0.717, 1.165) is 5.56 Å². The van der Waals surface area contributed by atoms with Gasteiger partial charge in [-0.1, -0.05) is 30.3 Å². The number of nitro groups is 1. The summed E-state index contributed by atoms with van der Waals surface area (Å²) in [5, 5.41) is 12.6. The molecule has 2 atom stereocenters. The van der Waals surface area contributed by atoms with Crippen LogP contribution in [0.2, 0.25) is 0 Å². The van der Waals surface area contributed by atoms with Gasteiger partial charge < -0.3 is 10.2 Å². The molecule has 0 saturated carbocycles. The van der Waals surface area contributed by atoms with E-state index in [9.17, 15) is 19.7 Å². The van der Waals surface area contributed by atoms with Gasteiger partial charge in [-0.3, -0.25) is 19.7 Å². The van der Waals surface area contributed by atoms with Crippen molar-refractivity contribution in [3.8, 4) is 0 Å². The zero-order chi connectivity index (χ0) is 16.1. The maximum absolute atomic E-state index is 12.2. The maximum atomic E-state index is 12.2. The lowest BCUT2D eigenvalue weighted by Gasteiger charge is -2.27. The highest BCUT2D eigenvalue weighted by Crippen LogP contribution is 2.41. The summed E-state index contributed by atoms with van der Waals surface area (Å²) in [5.41, 5.74) is 0.961. The van der Waals surface area contributed by atoms with Crippen molar-refractivity contribution in [2.75, 3.05) is 18.8 Å². The molecule has 0 aromatic heterocycles. The lowest BCUT2D eigenvalue weighted by atomic mass is 10.1. The van der Waals surface area contributed by atoms with Crippen molar-refractivity contribution < 1.29 is 14.5 Å². The first-order chi connectivity index (χ1) is 10.5. The van der Waals surface area contributed by atoms with Crippen molar-refractivity contribution in [1.82, 2.24) is 10.2 Å². The highest BCUT2D eigenvalue weighted by atomic mass is 32.2. The van der Waals surface area contributed by atoms with Crippen molar-refractivity contribution in [3.05, 3.63) is 46.0 Å². The number of hydrogen-bond donors (Lipinski definition) is 1. The Morgan fingerprint density at radius 2 is 2.09 bits per heavy atom.